The zero-order valence-corrected chi connectivity index (χ0v) is 18.6. The second-order valence-electron chi connectivity index (χ2n) is 9.33. The number of hydrogen-bond donors (Lipinski definition) is 0. The van der Waals surface area contributed by atoms with E-state index in [1.54, 1.807) is 12.4 Å². The number of amides is 2. The molecule has 2 amide bonds. The molecule has 0 aliphatic carbocycles. The SMILES string of the molecule is CCN1CCN(C(=O)CC(C)(C)C)CC(Cc2cccc(-c3ccncc3)c2)C1=O. The predicted octanol–water partition coefficient (Wildman–Crippen LogP) is 4.03. The lowest BCUT2D eigenvalue weighted by atomic mass is 9.91. The summed E-state index contributed by atoms with van der Waals surface area (Å²) in [6.07, 6.45) is 4.70. The van der Waals surface area contributed by atoms with Gasteiger partial charge in [-0.3, -0.25) is 14.6 Å². The first-order valence-corrected chi connectivity index (χ1v) is 10.8. The highest BCUT2D eigenvalue weighted by Gasteiger charge is 2.32. The molecule has 1 unspecified atom stereocenters. The van der Waals surface area contributed by atoms with E-state index >= 15 is 0 Å². The van der Waals surface area contributed by atoms with Gasteiger partial charge in [-0.1, -0.05) is 45.0 Å². The van der Waals surface area contributed by atoms with Crippen molar-refractivity contribution in [3.8, 4) is 11.1 Å². The summed E-state index contributed by atoms with van der Waals surface area (Å²) in [4.78, 5) is 33.9. The molecule has 2 aromatic rings. The lowest BCUT2D eigenvalue weighted by Gasteiger charge is -2.27. The number of rotatable bonds is 5. The van der Waals surface area contributed by atoms with Gasteiger partial charge >= 0.3 is 0 Å². The van der Waals surface area contributed by atoms with Crippen LogP contribution >= 0.6 is 0 Å². The van der Waals surface area contributed by atoms with E-state index < -0.39 is 0 Å². The van der Waals surface area contributed by atoms with E-state index in [-0.39, 0.29) is 23.1 Å². The van der Waals surface area contributed by atoms with E-state index in [2.05, 4.69) is 44.0 Å². The van der Waals surface area contributed by atoms with Crippen molar-refractivity contribution in [3.05, 3.63) is 54.4 Å². The van der Waals surface area contributed by atoms with E-state index in [1.165, 1.54) is 0 Å². The fraction of sp³-hybridized carbons (Fsp3) is 0.480. The molecule has 1 aliphatic rings. The van der Waals surface area contributed by atoms with E-state index in [4.69, 9.17) is 0 Å². The minimum Gasteiger partial charge on any atom is -0.341 e. The number of pyridine rings is 1. The van der Waals surface area contributed by atoms with Crippen LogP contribution in [0.25, 0.3) is 11.1 Å². The summed E-state index contributed by atoms with van der Waals surface area (Å²) < 4.78 is 0. The van der Waals surface area contributed by atoms with E-state index in [0.717, 1.165) is 16.7 Å². The zero-order chi connectivity index (χ0) is 21.7. The highest BCUT2D eigenvalue weighted by atomic mass is 16.2. The van der Waals surface area contributed by atoms with E-state index in [0.29, 0.717) is 39.0 Å². The van der Waals surface area contributed by atoms with Gasteiger partial charge in [-0.15, -0.1) is 0 Å². The maximum absolute atomic E-state index is 13.2. The quantitative estimate of drug-likeness (QED) is 0.752. The number of hydrogen-bond acceptors (Lipinski definition) is 3. The maximum Gasteiger partial charge on any atom is 0.227 e. The average Bonchev–Trinajstić information content (AvgIpc) is 2.87. The number of nitrogens with zero attached hydrogens (tertiary/aromatic N) is 3. The highest BCUT2D eigenvalue weighted by Crippen LogP contribution is 2.25. The van der Waals surface area contributed by atoms with Crippen molar-refractivity contribution < 1.29 is 9.59 Å². The molecule has 1 fully saturated rings. The Labute approximate surface area is 180 Å². The summed E-state index contributed by atoms with van der Waals surface area (Å²) in [6.45, 7) is 10.6. The van der Waals surface area contributed by atoms with Crippen LogP contribution in [0.1, 0.15) is 39.7 Å². The predicted molar refractivity (Wildman–Crippen MR) is 120 cm³/mol. The monoisotopic (exact) mass is 407 g/mol. The van der Waals surface area contributed by atoms with Crippen LogP contribution in [0.15, 0.2) is 48.8 Å². The van der Waals surface area contributed by atoms with Crippen molar-refractivity contribution >= 4 is 11.8 Å². The summed E-state index contributed by atoms with van der Waals surface area (Å²) in [7, 11) is 0. The van der Waals surface area contributed by atoms with Crippen LogP contribution in [0.2, 0.25) is 0 Å². The van der Waals surface area contributed by atoms with Crippen LogP contribution in [0.5, 0.6) is 0 Å². The molecule has 0 saturated carbocycles. The average molecular weight is 408 g/mol. The van der Waals surface area contributed by atoms with Crippen molar-refractivity contribution in [2.75, 3.05) is 26.2 Å². The topological polar surface area (TPSA) is 53.5 Å². The molecule has 1 aromatic carbocycles. The van der Waals surface area contributed by atoms with Gasteiger partial charge in [0.2, 0.25) is 11.8 Å². The third-order valence-corrected chi connectivity index (χ3v) is 5.58. The molecule has 30 heavy (non-hydrogen) atoms. The Morgan fingerprint density at radius 1 is 1.10 bits per heavy atom. The molecule has 1 atom stereocenters. The Hall–Kier alpha value is -2.69. The first-order valence-electron chi connectivity index (χ1n) is 10.8. The second kappa shape index (κ2) is 9.41. The van der Waals surface area contributed by atoms with Crippen LogP contribution in [-0.2, 0) is 16.0 Å². The minimum atomic E-state index is -0.218. The first-order chi connectivity index (χ1) is 14.3. The summed E-state index contributed by atoms with van der Waals surface area (Å²) in [5, 5.41) is 0. The van der Waals surface area contributed by atoms with Crippen LogP contribution in [0.3, 0.4) is 0 Å². The fourth-order valence-corrected chi connectivity index (χ4v) is 4.01. The van der Waals surface area contributed by atoms with E-state index in [1.807, 2.05) is 34.9 Å². The van der Waals surface area contributed by atoms with Gasteiger partial charge in [0.15, 0.2) is 0 Å². The van der Waals surface area contributed by atoms with Gasteiger partial charge in [0, 0.05) is 45.0 Å². The Morgan fingerprint density at radius 2 is 1.83 bits per heavy atom. The van der Waals surface area contributed by atoms with Crippen LogP contribution in [0, 0.1) is 11.3 Å². The number of carbonyl (C=O) groups excluding carboxylic acids is 2. The first kappa shape index (κ1) is 22.0. The molecule has 1 aliphatic heterocycles. The van der Waals surface area contributed by atoms with Crippen molar-refractivity contribution in [1.82, 2.24) is 14.8 Å². The lowest BCUT2D eigenvalue weighted by Crippen LogP contribution is -2.38. The molecular weight excluding hydrogens is 374 g/mol. The number of carbonyl (C=O) groups is 2. The number of aromatic nitrogens is 1. The van der Waals surface area contributed by atoms with Gasteiger partial charge in [-0.25, -0.2) is 0 Å². The smallest absolute Gasteiger partial charge is 0.227 e. The number of likely N-dealkylation sites (N-methyl/N-ethyl adjacent to an activating group) is 1. The van der Waals surface area contributed by atoms with Crippen LogP contribution in [-0.4, -0.2) is 52.8 Å². The Kier molecular flexibility index (Phi) is 6.91. The van der Waals surface area contributed by atoms with Crippen molar-refractivity contribution in [2.24, 2.45) is 11.3 Å². The summed E-state index contributed by atoms with van der Waals surface area (Å²) in [6, 6.07) is 12.3. The Balaban J connectivity index is 1.81. The maximum atomic E-state index is 13.2. The normalized spacial score (nSPS) is 17.7. The molecule has 0 N–H and O–H groups in total. The van der Waals surface area contributed by atoms with Crippen LogP contribution < -0.4 is 0 Å². The molecule has 160 valence electrons. The molecule has 2 heterocycles. The van der Waals surface area contributed by atoms with Gasteiger partial charge in [0.25, 0.3) is 0 Å². The van der Waals surface area contributed by atoms with Gasteiger partial charge in [0.1, 0.15) is 0 Å². The molecular formula is C25H33N3O2. The summed E-state index contributed by atoms with van der Waals surface area (Å²) >= 11 is 0. The largest absolute Gasteiger partial charge is 0.341 e. The highest BCUT2D eigenvalue weighted by molar-refractivity contribution is 5.82. The lowest BCUT2D eigenvalue weighted by molar-refractivity contribution is -0.135. The fourth-order valence-electron chi connectivity index (χ4n) is 4.01. The summed E-state index contributed by atoms with van der Waals surface area (Å²) in [5.74, 6) is 0.0747. The van der Waals surface area contributed by atoms with Gasteiger partial charge in [-0.2, -0.15) is 0 Å². The third-order valence-electron chi connectivity index (χ3n) is 5.58. The molecule has 0 spiro atoms. The molecule has 1 saturated heterocycles. The van der Waals surface area contributed by atoms with Gasteiger partial charge in [0.05, 0.1) is 5.92 Å². The molecule has 3 rings (SSSR count). The second-order valence-corrected chi connectivity index (χ2v) is 9.33. The summed E-state index contributed by atoms with van der Waals surface area (Å²) in [5.41, 5.74) is 3.27. The molecule has 5 nitrogen and oxygen atoms in total. The van der Waals surface area contributed by atoms with Gasteiger partial charge < -0.3 is 9.80 Å². The standard InChI is InChI=1S/C25H33N3O2/c1-5-27-13-14-28(23(29)17-25(2,3)4)18-22(24(27)30)16-19-7-6-8-21(15-19)20-9-11-26-12-10-20/h6-12,15,22H,5,13-14,16-18H2,1-4H3. The van der Waals surface area contributed by atoms with Crippen molar-refractivity contribution in [3.63, 3.8) is 0 Å². The van der Waals surface area contributed by atoms with E-state index in [9.17, 15) is 9.59 Å². The molecule has 5 heteroatoms. The molecule has 1 aromatic heterocycles. The number of benzene rings is 1. The Bertz CT molecular complexity index is 873. The molecule has 0 bridgehead atoms. The van der Waals surface area contributed by atoms with Crippen LogP contribution in [0.4, 0.5) is 0 Å². The van der Waals surface area contributed by atoms with Crippen molar-refractivity contribution in [1.29, 1.82) is 0 Å². The third kappa shape index (κ3) is 5.68. The Morgan fingerprint density at radius 3 is 2.50 bits per heavy atom. The zero-order valence-electron chi connectivity index (χ0n) is 18.6. The van der Waals surface area contributed by atoms with Crippen molar-refractivity contribution in [2.45, 2.75) is 40.5 Å². The van der Waals surface area contributed by atoms with Gasteiger partial charge in [-0.05, 0) is 47.6 Å². The minimum absolute atomic E-state index is 0.0633. The molecule has 0 radical (unpaired) electrons.